The van der Waals surface area contributed by atoms with E-state index in [-0.39, 0.29) is 0 Å². The number of benzene rings is 1. The number of ether oxygens (including phenoxy) is 2. The van der Waals surface area contributed by atoms with Crippen molar-refractivity contribution in [3.05, 3.63) is 23.3 Å². The summed E-state index contributed by atoms with van der Waals surface area (Å²) in [6.07, 6.45) is 2.35. The third-order valence-corrected chi connectivity index (χ3v) is 9.65. The fourth-order valence-electron chi connectivity index (χ4n) is 3.34. The quantitative estimate of drug-likeness (QED) is 0.707. The van der Waals surface area contributed by atoms with Crippen molar-refractivity contribution in [3.8, 4) is 11.5 Å². The summed E-state index contributed by atoms with van der Waals surface area (Å²) in [5.41, 5.74) is 2.70. The van der Waals surface area contributed by atoms with E-state index in [1.807, 2.05) is 0 Å². The van der Waals surface area contributed by atoms with E-state index in [2.05, 4.69) is 32.9 Å². The molecular weight excluding hydrogens is 280 g/mol. The van der Waals surface area contributed by atoms with Gasteiger partial charge in [0.2, 0.25) is 0 Å². The zero-order valence-electron chi connectivity index (χ0n) is 14.0. The van der Waals surface area contributed by atoms with Crippen LogP contribution in [0.3, 0.4) is 0 Å². The minimum absolute atomic E-state index is 0.336. The summed E-state index contributed by atoms with van der Waals surface area (Å²) in [5, 5.41) is 0. The molecule has 2 rings (SSSR count). The van der Waals surface area contributed by atoms with Crippen LogP contribution >= 0.6 is 0 Å². The van der Waals surface area contributed by atoms with E-state index in [9.17, 15) is 0 Å². The lowest BCUT2D eigenvalue weighted by molar-refractivity contribution is 0.198. The minimum Gasteiger partial charge on any atom is -0.493 e. The van der Waals surface area contributed by atoms with Gasteiger partial charge in [-0.2, -0.15) is 0 Å². The van der Waals surface area contributed by atoms with E-state index in [0.29, 0.717) is 6.10 Å². The maximum absolute atomic E-state index is 6.63. The SMILES string of the molecule is CC[Si](CC)(CC)OC1Cc2cc(OC)c(OC)cc2C1. The maximum Gasteiger partial charge on any atom is 0.192 e. The average Bonchev–Trinajstić information content (AvgIpc) is 2.92. The molecule has 1 aromatic rings. The Morgan fingerprint density at radius 2 is 1.33 bits per heavy atom. The summed E-state index contributed by atoms with van der Waals surface area (Å²) >= 11 is 0. The first kappa shape index (κ1) is 16.4. The van der Waals surface area contributed by atoms with Crippen LogP contribution in [0.2, 0.25) is 18.1 Å². The van der Waals surface area contributed by atoms with Crippen molar-refractivity contribution < 1.29 is 13.9 Å². The van der Waals surface area contributed by atoms with Gasteiger partial charge in [-0.1, -0.05) is 20.8 Å². The Bertz CT molecular complexity index is 442. The zero-order valence-corrected chi connectivity index (χ0v) is 15.0. The van der Waals surface area contributed by atoms with Crippen LogP contribution in [-0.2, 0) is 17.3 Å². The van der Waals surface area contributed by atoms with Gasteiger partial charge in [-0.3, -0.25) is 0 Å². The second-order valence-electron chi connectivity index (χ2n) is 5.87. The lowest BCUT2D eigenvalue weighted by atomic mass is 10.1. The molecule has 0 spiro atoms. The van der Waals surface area contributed by atoms with Gasteiger partial charge in [0.25, 0.3) is 0 Å². The molecule has 118 valence electrons. The Kier molecular flexibility index (Phi) is 5.33. The van der Waals surface area contributed by atoms with E-state index in [4.69, 9.17) is 13.9 Å². The third-order valence-electron chi connectivity index (χ3n) is 4.95. The number of hydrogen-bond donors (Lipinski definition) is 0. The first-order valence-corrected chi connectivity index (χ1v) is 10.6. The van der Waals surface area contributed by atoms with Crippen molar-refractivity contribution >= 4 is 8.32 Å². The molecule has 0 heterocycles. The van der Waals surface area contributed by atoms with Crippen LogP contribution in [0.25, 0.3) is 0 Å². The van der Waals surface area contributed by atoms with Crippen molar-refractivity contribution in [2.75, 3.05) is 14.2 Å². The molecule has 0 unspecified atom stereocenters. The lowest BCUT2D eigenvalue weighted by Crippen LogP contribution is -2.40. The van der Waals surface area contributed by atoms with Gasteiger partial charge in [-0.05, 0) is 54.2 Å². The van der Waals surface area contributed by atoms with Crippen molar-refractivity contribution in [1.82, 2.24) is 0 Å². The van der Waals surface area contributed by atoms with E-state index in [1.54, 1.807) is 14.2 Å². The van der Waals surface area contributed by atoms with Gasteiger partial charge in [0.1, 0.15) is 0 Å². The highest BCUT2D eigenvalue weighted by atomic mass is 28.4. The number of hydrogen-bond acceptors (Lipinski definition) is 3. The van der Waals surface area contributed by atoms with Crippen molar-refractivity contribution in [1.29, 1.82) is 0 Å². The van der Waals surface area contributed by atoms with Crippen LogP contribution in [0.15, 0.2) is 12.1 Å². The summed E-state index contributed by atoms with van der Waals surface area (Å²) in [6.45, 7) is 6.86. The van der Waals surface area contributed by atoms with E-state index in [1.165, 1.54) is 29.3 Å². The number of methoxy groups -OCH3 is 2. The van der Waals surface area contributed by atoms with Gasteiger partial charge in [-0.15, -0.1) is 0 Å². The summed E-state index contributed by atoms with van der Waals surface area (Å²) in [4.78, 5) is 0. The van der Waals surface area contributed by atoms with Crippen LogP contribution in [0, 0.1) is 0 Å². The number of rotatable bonds is 7. The molecule has 3 nitrogen and oxygen atoms in total. The second-order valence-corrected chi connectivity index (χ2v) is 10.6. The largest absolute Gasteiger partial charge is 0.493 e. The molecule has 0 radical (unpaired) electrons. The fourth-order valence-corrected chi connectivity index (χ4v) is 6.22. The van der Waals surface area contributed by atoms with Crippen LogP contribution in [0.5, 0.6) is 11.5 Å². The third kappa shape index (κ3) is 3.27. The molecule has 0 aliphatic heterocycles. The summed E-state index contributed by atoms with van der Waals surface area (Å²) in [7, 11) is 1.85. The molecule has 1 aliphatic carbocycles. The van der Waals surface area contributed by atoms with Gasteiger partial charge in [-0.25, -0.2) is 0 Å². The standard InChI is InChI=1S/C17H28O3Si/c1-6-21(7-2,8-3)20-15-9-13-11-16(18-4)17(19-5)12-14(13)10-15/h11-12,15H,6-10H2,1-5H3. The molecule has 1 aliphatic rings. The Hall–Kier alpha value is -1.00. The van der Waals surface area contributed by atoms with Crippen LogP contribution < -0.4 is 9.47 Å². The predicted octanol–water partition coefficient (Wildman–Crippen LogP) is 4.19. The minimum atomic E-state index is -1.53. The smallest absolute Gasteiger partial charge is 0.192 e. The lowest BCUT2D eigenvalue weighted by Gasteiger charge is -2.31. The first-order chi connectivity index (χ1) is 10.1. The normalized spacial score (nSPS) is 15.1. The van der Waals surface area contributed by atoms with Gasteiger partial charge >= 0.3 is 0 Å². The van der Waals surface area contributed by atoms with Crippen molar-refractivity contribution in [2.45, 2.75) is 57.8 Å². The average molecular weight is 308 g/mol. The summed E-state index contributed by atoms with van der Waals surface area (Å²) in [5.74, 6) is 1.64. The van der Waals surface area contributed by atoms with E-state index >= 15 is 0 Å². The van der Waals surface area contributed by atoms with Crippen molar-refractivity contribution in [2.24, 2.45) is 0 Å². The molecule has 0 atom stereocenters. The van der Waals surface area contributed by atoms with E-state index < -0.39 is 8.32 Å². The molecule has 21 heavy (non-hydrogen) atoms. The highest BCUT2D eigenvalue weighted by molar-refractivity contribution is 6.73. The molecule has 0 bridgehead atoms. The molecule has 4 heteroatoms. The Balaban J connectivity index is 2.16. The molecule has 0 aromatic heterocycles. The first-order valence-electron chi connectivity index (χ1n) is 8.02. The molecule has 0 amide bonds. The molecule has 0 saturated heterocycles. The molecule has 0 fully saturated rings. The Labute approximate surface area is 129 Å². The van der Waals surface area contributed by atoms with Crippen LogP contribution in [0.4, 0.5) is 0 Å². The topological polar surface area (TPSA) is 27.7 Å². The van der Waals surface area contributed by atoms with E-state index in [0.717, 1.165) is 24.3 Å². The molecule has 0 saturated carbocycles. The Morgan fingerprint density at radius 3 is 1.67 bits per heavy atom. The van der Waals surface area contributed by atoms with Gasteiger partial charge in [0, 0.05) is 0 Å². The van der Waals surface area contributed by atoms with Crippen LogP contribution in [0.1, 0.15) is 31.9 Å². The Morgan fingerprint density at radius 1 is 0.905 bits per heavy atom. The fraction of sp³-hybridized carbons (Fsp3) is 0.647. The highest BCUT2D eigenvalue weighted by Gasteiger charge is 2.34. The maximum atomic E-state index is 6.63. The predicted molar refractivity (Wildman–Crippen MR) is 89.0 cm³/mol. The van der Waals surface area contributed by atoms with Crippen molar-refractivity contribution in [3.63, 3.8) is 0 Å². The van der Waals surface area contributed by atoms with Gasteiger partial charge < -0.3 is 13.9 Å². The second kappa shape index (κ2) is 6.84. The summed E-state index contributed by atoms with van der Waals surface area (Å²) in [6, 6.07) is 7.85. The van der Waals surface area contributed by atoms with Gasteiger partial charge in [0.15, 0.2) is 19.8 Å². The van der Waals surface area contributed by atoms with Gasteiger partial charge in [0.05, 0.1) is 20.3 Å². The molecule has 0 N–H and O–H groups in total. The monoisotopic (exact) mass is 308 g/mol. The molecule has 1 aromatic carbocycles. The van der Waals surface area contributed by atoms with Crippen LogP contribution in [-0.4, -0.2) is 28.6 Å². The highest BCUT2D eigenvalue weighted by Crippen LogP contribution is 2.37. The molecular formula is C17H28O3Si. The number of fused-ring (bicyclic) bond motifs is 1. The summed E-state index contributed by atoms with van der Waals surface area (Å²) < 4.78 is 17.4. The zero-order chi connectivity index (χ0) is 15.5.